The first-order valence-corrected chi connectivity index (χ1v) is 9.49. The van der Waals surface area contributed by atoms with Crippen molar-refractivity contribution in [1.29, 1.82) is 0 Å². The minimum atomic E-state index is -1.02. The number of rotatable bonds is 7. The van der Waals surface area contributed by atoms with Crippen molar-refractivity contribution in [2.45, 2.75) is 19.8 Å². The molecule has 24 heavy (non-hydrogen) atoms. The van der Waals surface area contributed by atoms with Crippen LogP contribution in [-0.2, 0) is 11.0 Å². The number of benzene rings is 3. The number of hydrogen-bond donors (Lipinski definition) is 1. The molecule has 3 nitrogen and oxygen atoms in total. The topological polar surface area (TPSA) is 38.3 Å². The van der Waals surface area contributed by atoms with Crippen molar-refractivity contribution >= 4 is 27.4 Å². The fourth-order valence-electron chi connectivity index (χ4n) is 2.46. The highest BCUT2D eigenvalue weighted by Gasteiger charge is 2.04. The quantitative estimate of drug-likeness (QED) is 0.616. The summed E-state index contributed by atoms with van der Waals surface area (Å²) in [6.45, 7) is 2.09. The summed E-state index contributed by atoms with van der Waals surface area (Å²) in [5.74, 6) is 2.27. The van der Waals surface area contributed by atoms with Gasteiger partial charge >= 0.3 is 0 Å². The third-order valence-electron chi connectivity index (χ3n) is 3.75. The molecule has 1 unspecified atom stereocenters. The number of fused-ring (bicyclic) bond motifs is 1. The average Bonchev–Trinajstić information content (AvgIpc) is 2.62. The molecule has 1 N–H and O–H groups in total. The lowest BCUT2D eigenvalue weighted by atomic mass is 10.1. The highest BCUT2D eigenvalue weighted by molar-refractivity contribution is 7.86. The van der Waals surface area contributed by atoms with Crippen LogP contribution in [0.1, 0.15) is 19.8 Å². The summed E-state index contributed by atoms with van der Waals surface area (Å²) in [5.41, 5.74) is 0.842. The Balaban J connectivity index is 1.71. The smallest absolute Gasteiger partial charge is 0.135 e. The first-order valence-electron chi connectivity index (χ1n) is 8.17. The molecule has 0 radical (unpaired) electrons. The molecule has 124 valence electrons. The van der Waals surface area contributed by atoms with Gasteiger partial charge < -0.3 is 9.46 Å². The van der Waals surface area contributed by atoms with Crippen LogP contribution in [0.3, 0.4) is 0 Å². The minimum absolute atomic E-state index is 0.671. The number of anilines is 1. The molecule has 0 amide bonds. The van der Waals surface area contributed by atoms with Gasteiger partial charge in [-0.05, 0) is 42.1 Å². The van der Waals surface area contributed by atoms with Gasteiger partial charge in [-0.2, -0.15) is 0 Å². The van der Waals surface area contributed by atoms with Gasteiger partial charge in [-0.15, -0.1) is 0 Å². The van der Waals surface area contributed by atoms with Gasteiger partial charge in [-0.3, -0.25) is 0 Å². The zero-order valence-electron chi connectivity index (χ0n) is 13.7. The van der Waals surface area contributed by atoms with Gasteiger partial charge in [-0.25, -0.2) is 4.21 Å². The van der Waals surface area contributed by atoms with Gasteiger partial charge in [0.25, 0.3) is 0 Å². The lowest BCUT2D eigenvalue weighted by Crippen LogP contribution is -2.08. The van der Waals surface area contributed by atoms with Crippen LogP contribution >= 0.6 is 0 Å². The summed E-state index contributed by atoms with van der Waals surface area (Å²) in [5, 5.41) is 2.24. The second kappa shape index (κ2) is 7.97. The Morgan fingerprint density at radius 2 is 1.71 bits per heavy atom. The molecule has 3 rings (SSSR count). The predicted molar refractivity (Wildman–Crippen MR) is 102 cm³/mol. The van der Waals surface area contributed by atoms with E-state index in [0.717, 1.165) is 40.8 Å². The summed E-state index contributed by atoms with van der Waals surface area (Å²) in [7, 11) is -1.02. The molecular formula is C20H21NO2S. The van der Waals surface area contributed by atoms with E-state index in [4.69, 9.17) is 4.74 Å². The van der Waals surface area contributed by atoms with E-state index in [1.165, 1.54) is 0 Å². The predicted octanol–water partition coefficient (Wildman–Crippen LogP) is 5.51. The zero-order valence-corrected chi connectivity index (χ0v) is 14.5. The first kappa shape index (κ1) is 16.5. The summed E-state index contributed by atoms with van der Waals surface area (Å²) in [6.07, 6.45) is 2.01. The molecule has 0 fully saturated rings. The number of hydrogen-bond acceptors (Lipinski definition) is 2. The van der Waals surface area contributed by atoms with E-state index < -0.39 is 11.0 Å². The lowest BCUT2D eigenvalue weighted by Gasteiger charge is -2.10. The molecular weight excluding hydrogens is 318 g/mol. The third kappa shape index (κ3) is 4.15. The van der Waals surface area contributed by atoms with Gasteiger partial charge in [0.1, 0.15) is 22.5 Å². The summed E-state index contributed by atoms with van der Waals surface area (Å²) >= 11 is 0. The average molecular weight is 339 g/mol. The van der Waals surface area contributed by atoms with Crippen LogP contribution in [0.4, 0.5) is 5.69 Å². The molecule has 0 aliphatic carbocycles. The van der Waals surface area contributed by atoms with Gasteiger partial charge in [-0.1, -0.05) is 49.7 Å². The van der Waals surface area contributed by atoms with Crippen LogP contribution < -0.4 is 9.46 Å². The maximum atomic E-state index is 11.9. The molecule has 0 aliphatic rings. The fourth-order valence-corrected chi connectivity index (χ4v) is 3.51. The molecule has 1 atom stereocenters. The minimum Gasteiger partial charge on any atom is -0.457 e. The van der Waals surface area contributed by atoms with Crippen LogP contribution in [0.25, 0.3) is 10.8 Å². The van der Waals surface area contributed by atoms with Gasteiger partial charge in [0.2, 0.25) is 0 Å². The van der Waals surface area contributed by atoms with Crippen molar-refractivity contribution in [2.75, 3.05) is 10.5 Å². The number of nitrogens with one attached hydrogen (secondary N) is 1. The largest absolute Gasteiger partial charge is 0.457 e. The summed E-state index contributed by atoms with van der Waals surface area (Å²) < 4.78 is 20.9. The van der Waals surface area contributed by atoms with Gasteiger partial charge in [0, 0.05) is 16.8 Å². The van der Waals surface area contributed by atoms with Crippen LogP contribution in [0.5, 0.6) is 11.5 Å². The van der Waals surface area contributed by atoms with Crippen molar-refractivity contribution in [2.24, 2.45) is 0 Å². The molecule has 4 heteroatoms. The van der Waals surface area contributed by atoms with Crippen LogP contribution in [0, 0.1) is 0 Å². The number of ether oxygens (including phenoxy) is 1. The van der Waals surface area contributed by atoms with Crippen molar-refractivity contribution in [3.05, 3.63) is 66.7 Å². The molecule has 0 heterocycles. The van der Waals surface area contributed by atoms with Crippen molar-refractivity contribution in [1.82, 2.24) is 0 Å². The van der Waals surface area contributed by atoms with Crippen molar-refractivity contribution in [3.63, 3.8) is 0 Å². The monoisotopic (exact) mass is 339 g/mol. The fraction of sp³-hybridized carbons (Fsp3) is 0.200. The standard InChI is InChI=1S/C20H21NO2S/c1-2-3-15-24(22)21-17-11-13-18(14-12-17)23-20-10-6-8-16-7-4-5-9-19(16)20/h4-14,21H,2-3,15H2,1H3. The SMILES string of the molecule is CCCCS(=O)Nc1ccc(Oc2cccc3ccccc23)cc1. The van der Waals surface area contributed by atoms with Gasteiger partial charge in [0.15, 0.2) is 0 Å². The van der Waals surface area contributed by atoms with E-state index in [1.54, 1.807) is 0 Å². The Bertz CT molecular complexity index is 825. The number of unbranched alkanes of at least 4 members (excludes halogenated alkanes) is 1. The Hall–Kier alpha value is -2.33. The maximum Gasteiger partial charge on any atom is 0.135 e. The molecule has 3 aromatic carbocycles. The van der Waals surface area contributed by atoms with E-state index in [9.17, 15) is 4.21 Å². The maximum absolute atomic E-state index is 11.9. The van der Waals surface area contributed by atoms with Crippen molar-refractivity contribution in [3.8, 4) is 11.5 Å². The molecule has 0 aliphatic heterocycles. The lowest BCUT2D eigenvalue weighted by molar-refractivity contribution is 0.488. The Morgan fingerprint density at radius 3 is 2.50 bits per heavy atom. The first-order chi connectivity index (χ1) is 11.8. The second-order valence-electron chi connectivity index (χ2n) is 5.61. The van der Waals surface area contributed by atoms with E-state index in [-0.39, 0.29) is 0 Å². The highest BCUT2D eigenvalue weighted by Crippen LogP contribution is 2.30. The van der Waals surface area contributed by atoms with Gasteiger partial charge in [0.05, 0.1) is 0 Å². The molecule has 3 aromatic rings. The summed E-state index contributed by atoms with van der Waals surface area (Å²) in [6, 6.07) is 21.7. The molecule has 0 saturated carbocycles. The molecule has 0 saturated heterocycles. The zero-order chi connectivity index (χ0) is 16.8. The van der Waals surface area contributed by atoms with E-state index in [2.05, 4.69) is 29.8 Å². The van der Waals surface area contributed by atoms with E-state index in [0.29, 0.717) is 5.75 Å². The van der Waals surface area contributed by atoms with Crippen LogP contribution in [0.2, 0.25) is 0 Å². The Kier molecular flexibility index (Phi) is 5.49. The molecule has 0 aromatic heterocycles. The van der Waals surface area contributed by atoms with E-state index >= 15 is 0 Å². The summed E-state index contributed by atoms with van der Waals surface area (Å²) in [4.78, 5) is 0. The molecule has 0 spiro atoms. The second-order valence-corrected chi connectivity index (χ2v) is 6.91. The normalized spacial score (nSPS) is 12.0. The highest BCUT2D eigenvalue weighted by atomic mass is 32.2. The third-order valence-corrected chi connectivity index (χ3v) is 4.87. The molecule has 0 bridgehead atoms. The van der Waals surface area contributed by atoms with Crippen LogP contribution in [0.15, 0.2) is 66.7 Å². The van der Waals surface area contributed by atoms with Crippen LogP contribution in [-0.4, -0.2) is 9.96 Å². The Morgan fingerprint density at radius 1 is 0.958 bits per heavy atom. The van der Waals surface area contributed by atoms with Crippen molar-refractivity contribution < 1.29 is 8.95 Å². The Labute approximate surface area is 145 Å². The van der Waals surface area contributed by atoms with E-state index in [1.807, 2.05) is 48.5 Å².